The molecule has 1 atom stereocenters. The van der Waals surface area contributed by atoms with Gasteiger partial charge in [0.1, 0.15) is 11.5 Å². The van der Waals surface area contributed by atoms with Crippen LogP contribution in [0.5, 0.6) is 11.5 Å². The van der Waals surface area contributed by atoms with Crippen molar-refractivity contribution in [2.24, 2.45) is 5.92 Å². The number of aliphatic carboxylic acids is 1. The highest BCUT2D eigenvalue weighted by molar-refractivity contribution is 5.70. The van der Waals surface area contributed by atoms with Gasteiger partial charge in [0.15, 0.2) is 0 Å². The second-order valence-corrected chi connectivity index (χ2v) is 5.03. The Kier molecular flexibility index (Phi) is 3.98. The van der Waals surface area contributed by atoms with Crippen molar-refractivity contribution in [1.82, 2.24) is 0 Å². The van der Waals surface area contributed by atoms with Crippen LogP contribution in [0.2, 0.25) is 0 Å². The fraction of sp³-hybridized carbons (Fsp3) is 0.533. The van der Waals surface area contributed by atoms with E-state index in [-0.39, 0.29) is 0 Å². The summed E-state index contributed by atoms with van der Waals surface area (Å²) in [6, 6.07) is 1.93. The lowest BCUT2D eigenvalue weighted by atomic mass is 9.95. The molecule has 1 aliphatic carbocycles. The summed E-state index contributed by atoms with van der Waals surface area (Å²) in [6.07, 6.45) is 3.54. The highest BCUT2D eigenvalue weighted by atomic mass is 16.5. The van der Waals surface area contributed by atoms with Crippen LogP contribution in [0.25, 0.3) is 0 Å². The van der Waals surface area contributed by atoms with Crippen molar-refractivity contribution in [1.29, 1.82) is 0 Å². The SMILES string of the molecule is COc1cc(CC(C)C(=O)O)c(OC)c2c1CCC2. The zero-order chi connectivity index (χ0) is 14.0. The van der Waals surface area contributed by atoms with Gasteiger partial charge in [0.2, 0.25) is 0 Å². The molecule has 1 aromatic carbocycles. The normalized spacial score (nSPS) is 14.9. The fourth-order valence-electron chi connectivity index (χ4n) is 2.78. The number of rotatable bonds is 5. The molecule has 4 heteroatoms. The van der Waals surface area contributed by atoms with Gasteiger partial charge in [-0.05, 0) is 37.3 Å². The zero-order valence-electron chi connectivity index (χ0n) is 11.7. The molecule has 0 radical (unpaired) electrons. The molecule has 0 spiro atoms. The summed E-state index contributed by atoms with van der Waals surface area (Å²) >= 11 is 0. The van der Waals surface area contributed by atoms with E-state index in [1.807, 2.05) is 6.07 Å². The molecule has 1 aromatic rings. The number of methoxy groups -OCH3 is 2. The van der Waals surface area contributed by atoms with Crippen LogP contribution in [0.15, 0.2) is 6.07 Å². The molecule has 0 aromatic heterocycles. The highest BCUT2D eigenvalue weighted by Crippen LogP contribution is 2.40. The molecule has 0 bridgehead atoms. The van der Waals surface area contributed by atoms with Crippen LogP contribution in [-0.4, -0.2) is 25.3 Å². The first-order valence-electron chi connectivity index (χ1n) is 6.56. The Morgan fingerprint density at radius 1 is 1.32 bits per heavy atom. The molecule has 0 amide bonds. The smallest absolute Gasteiger partial charge is 0.306 e. The van der Waals surface area contributed by atoms with Crippen LogP contribution in [0.4, 0.5) is 0 Å². The Hall–Kier alpha value is -1.71. The molecule has 0 saturated carbocycles. The number of carboxylic acid groups (broad SMARTS) is 1. The van der Waals surface area contributed by atoms with Gasteiger partial charge in [0.25, 0.3) is 0 Å². The molecule has 104 valence electrons. The van der Waals surface area contributed by atoms with Crippen molar-refractivity contribution in [3.05, 3.63) is 22.8 Å². The maximum absolute atomic E-state index is 11.0. The van der Waals surface area contributed by atoms with Crippen molar-refractivity contribution in [3.63, 3.8) is 0 Å². The van der Waals surface area contributed by atoms with Crippen LogP contribution in [0.1, 0.15) is 30.0 Å². The summed E-state index contributed by atoms with van der Waals surface area (Å²) in [4.78, 5) is 11.0. The molecular weight excluding hydrogens is 244 g/mol. The summed E-state index contributed by atoms with van der Waals surface area (Å²) in [6.45, 7) is 1.71. The molecule has 1 N–H and O–H groups in total. The summed E-state index contributed by atoms with van der Waals surface area (Å²) in [5, 5.41) is 9.05. The molecular formula is C15H20O4. The molecule has 2 rings (SSSR count). The van der Waals surface area contributed by atoms with Crippen molar-refractivity contribution >= 4 is 5.97 Å². The van der Waals surface area contributed by atoms with Gasteiger partial charge in [-0.25, -0.2) is 0 Å². The minimum absolute atomic E-state index is 0.432. The second-order valence-electron chi connectivity index (χ2n) is 5.03. The maximum atomic E-state index is 11.0. The number of carbonyl (C=O) groups is 1. The van der Waals surface area contributed by atoms with E-state index < -0.39 is 11.9 Å². The summed E-state index contributed by atoms with van der Waals surface area (Å²) in [5.74, 6) is 0.488. The molecule has 1 unspecified atom stereocenters. The monoisotopic (exact) mass is 264 g/mol. The quantitative estimate of drug-likeness (QED) is 0.887. The van der Waals surface area contributed by atoms with Crippen molar-refractivity contribution in [3.8, 4) is 11.5 Å². The van der Waals surface area contributed by atoms with Crippen LogP contribution >= 0.6 is 0 Å². The Morgan fingerprint density at radius 3 is 2.58 bits per heavy atom. The van der Waals surface area contributed by atoms with Crippen molar-refractivity contribution in [2.75, 3.05) is 14.2 Å². The minimum Gasteiger partial charge on any atom is -0.496 e. The number of fused-ring (bicyclic) bond motifs is 1. The average Bonchev–Trinajstić information content (AvgIpc) is 2.86. The van der Waals surface area contributed by atoms with Gasteiger partial charge in [0.05, 0.1) is 20.1 Å². The van der Waals surface area contributed by atoms with Crippen LogP contribution in [0.3, 0.4) is 0 Å². The predicted molar refractivity (Wildman–Crippen MR) is 72.1 cm³/mol. The second kappa shape index (κ2) is 5.51. The van der Waals surface area contributed by atoms with E-state index in [2.05, 4.69) is 0 Å². The molecule has 19 heavy (non-hydrogen) atoms. The lowest BCUT2D eigenvalue weighted by molar-refractivity contribution is -0.141. The van der Waals surface area contributed by atoms with Crippen molar-refractivity contribution < 1.29 is 19.4 Å². The largest absolute Gasteiger partial charge is 0.496 e. The Labute approximate surface area is 113 Å². The first kappa shape index (κ1) is 13.7. The lowest BCUT2D eigenvalue weighted by Gasteiger charge is -2.17. The summed E-state index contributed by atoms with van der Waals surface area (Å²) < 4.78 is 11.0. The lowest BCUT2D eigenvalue weighted by Crippen LogP contribution is -2.13. The number of ether oxygens (including phenoxy) is 2. The van der Waals surface area contributed by atoms with Crippen molar-refractivity contribution in [2.45, 2.75) is 32.6 Å². The molecule has 0 heterocycles. The third-order valence-corrected chi connectivity index (χ3v) is 3.76. The van der Waals surface area contributed by atoms with E-state index in [0.29, 0.717) is 6.42 Å². The third-order valence-electron chi connectivity index (χ3n) is 3.76. The van der Waals surface area contributed by atoms with E-state index >= 15 is 0 Å². The van der Waals surface area contributed by atoms with Gasteiger partial charge < -0.3 is 14.6 Å². The van der Waals surface area contributed by atoms with Crippen LogP contribution < -0.4 is 9.47 Å². The first-order valence-corrected chi connectivity index (χ1v) is 6.56. The predicted octanol–water partition coefficient (Wildman–Crippen LogP) is 2.46. The van der Waals surface area contributed by atoms with E-state index in [1.54, 1.807) is 21.1 Å². The Bertz CT molecular complexity index is 493. The number of carboxylic acids is 1. The maximum Gasteiger partial charge on any atom is 0.306 e. The molecule has 1 aliphatic rings. The van der Waals surface area contributed by atoms with Gasteiger partial charge in [-0.15, -0.1) is 0 Å². The average molecular weight is 264 g/mol. The van der Waals surface area contributed by atoms with E-state index in [0.717, 1.165) is 36.3 Å². The topological polar surface area (TPSA) is 55.8 Å². The van der Waals surface area contributed by atoms with Gasteiger partial charge in [0, 0.05) is 11.1 Å². The first-order chi connectivity index (χ1) is 9.08. The van der Waals surface area contributed by atoms with Crippen LogP contribution in [-0.2, 0) is 24.1 Å². The highest BCUT2D eigenvalue weighted by Gasteiger charge is 2.25. The fourth-order valence-corrected chi connectivity index (χ4v) is 2.78. The molecule has 0 saturated heterocycles. The molecule has 0 aliphatic heterocycles. The Balaban J connectivity index is 2.45. The van der Waals surface area contributed by atoms with E-state index in [4.69, 9.17) is 14.6 Å². The number of hydrogen-bond donors (Lipinski definition) is 1. The molecule has 4 nitrogen and oxygen atoms in total. The molecule has 0 fully saturated rings. The van der Waals surface area contributed by atoms with Gasteiger partial charge in [-0.1, -0.05) is 6.92 Å². The standard InChI is InChI=1S/C15H20O4/c1-9(15(16)17)7-10-8-13(18-2)11-5-4-6-12(11)14(10)19-3/h8-9H,4-7H2,1-3H3,(H,16,17). The van der Waals surface area contributed by atoms with E-state index in [1.165, 1.54) is 11.1 Å². The zero-order valence-corrected chi connectivity index (χ0v) is 11.7. The summed E-state index contributed by atoms with van der Waals surface area (Å²) in [7, 11) is 3.31. The van der Waals surface area contributed by atoms with E-state index in [9.17, 15) is 4.79 Å². The Morgan fingerprint density at radius 2 is 2.00 bits per heavy atom. The van der Waals surface area contributed by atoms with Crippen LogP contribution in [0, 0.1) is 5.92 Å². The number of benzene rings is 1. The third kappa shape index (κ3) is 2.53. The number of hydrogen-bond acceptors (Lipinski definition) is 3. The van der Waals surface area contributed by atoms with Gasteiger partial charge in [-0.2, -0.15) is 0 Å². The minimum atomic E-state index is -0.790. The van der Waals surface area contributed by atoms with Gasteiger partial charge in [-0.3, -0.25) is 4.79 Å². The van der Waals surface area contributed by atoms with Gasteiger partial charge >= 0.3 is 5.97 Å². The summed E-state index contributed by atoms with van der Waals surface area (Å²) in [5.41, 5.74) is 3.33.